The standard InChI is InChI=1S/C25H22F5N3O2S/c26-17-5-4-16(22(27)7-17)9-32-10-19-20(11-32)21(19)12-33(24(34)23-13-36-14-31-23)8-15-2-1-3-18(6-15)35-25(28,29)30/h1-7,13-14,19-21H,8-12H2. The highest BCUT2D eigenvalue weighted by Crippen LogP contribution is 2.52. The summed E-state index contributed by atoms with van der Waals surface area (Å²) in [6.07, 6.45) is -4.80. The summed E-state index contributed by atoms with van der Waals surface area (Å²) in [6, 6.07) is 9.18. The zero-order chi connectivity index (χ0) is 25.4. The molecule has 2 heterocycles. The van der Waals surface area contributed by atoms with Crippen LogP contribution in [0, 0.1) is 29.4 Å². The number of thiazole rings is 1. The van der Waals surface area contributed by atoms with Gasteiger partial charge in [0.05, 0.1) is 5.51 Å². The van der Waals surface area contributed by atoms with Gasteiger partial charge in [-0.1, -0.05) is 18.2 Å². The maximum atomic E-state index is 14.0. The minimum absolute atomic E-state index is 0.117. The number of carbonyl (C=O) groups is 1. The number of ether oxygens (including phenoxy) is 1. The van der Waals surface area contributed by atoms with Crippen molar-refractivity contribution in [2.75, 3.05) is 19.6 Å². The zero-order valence-electron chi connectivity index (χ0n) is 18.9. The van der Waals surface area contributed by atoms with Crippen LogP contribution in [0.5, 0.6) is 5.75 Å². The molecule has 5 rings (SSSR count). The Morgan fingerprint density at radius 3 is 2.58 bits per heavy atom. The fourth-order valence-electron chi connectivity index (χ4n) is 5.04. The number of piperidine rings is 1. The highest BCUT2D eigenvalue weighted by atomic mass is 32.1. The lowest BCUT2D eigenvalue weighted by atomic mass is 10.1. The molecule has 3 aromatic rings. The topological polar surface area (TPSA) is 45.7 Å². The molecule has 1 saturated heterocycles. The van der Waals surface area contributed by atoms with Crippen LogP contribution in [0.15, 0.2) is 53.4 Å². The van der Waals surface area contributed by atoms with Crippen molar-refractivity contribution in [3.8, 4) is 5.75 Å². The van der Waals surface area contributed by atoms with Crippen molar-refractivity contribution in [1.82, 2.24) is 14.8 Å². The molecule has 2 fully saturated rings. The van der Waals surface area contributed by atoms with Crippen molar-refractivity contribution >= 4 is 17.2 Å². The third-order valence-electron chi connectivity index (χ3n) is 6.73. The molecule has 1 amide bonds. The third kappa shape index (κ3) is 5.67. The van der Waals surface area contributed by atoms with E-state index < -0.39 is 18.0 Å². The molecule has 2 aliphatic rings. The van der Waals surface area contributed by atoms with Gasteiger partial charge in [-0.15, -0.1) is 24.5 Å². The maximum Gasteiger partial charge on any atom is 0.573 e. The van der Waals surface area contributed by atoms with Crippen LogP contribution in [0.2, 0.25) is 0 Å². The first-order chi connectivity index (χ1) is 17.2. The van der Waals surface area contributed by atoms with E-state index in [0.717, 1.165) is 19.2 Å². The van der Waals surface area contributed by atoms with Gasteiger partial charge < -0.3 is 9.64 Å². The van der Waals surface area contributed by atoms with Crippen molar-refractivity contribution in [2.45, 2.75) is 19.5 Å². The molecule has 1 aromatic heterocycles. The first kappa shape index (κ1) is 24.6. The van der Waals surface area contributed by atoms with E-state index in [9.17, 15) is 26.7 Å². The summed E-state index contributed by atoms with van der Waals surface area (Å²) in [7, 11) is 0. The van der Waals surface area contributed by atoms with Gasteiger partial charge in [0, 0.05) is 49.7 Å². The van der Waals surface area contributed by atoms with E-state index in [-0.39, 0.29) is 24.1 Å². The van der Waals surface area contributed by atoms with Crippen LogP contribution in [-0.2, 0) is 13.1 Å². The van der Waals surface area contributed by atoms with Crippen molar-refractivity contribution in [3.63, 3.8) is 0 Å². The molecule has 1 aliphatic heterocycles. The molecule has 11 heteroatoms. The van der Waals surface area contributed by atoms with E-state index in [1.54, 1.807) is 21.9 Å². The molecule has 0 spiro atoms. The fourth-order valence-corrected chi connectivity index (χ4v) is 5.57. The Morgan fingerprint density at radius 2 is 1.92 bits per heavy atom. The number of likely N-dealkylation sites (tertiary alicyclic amines) is 1. The average molecular weight is 524 g/mol. The van der Waals surface area contributed by atoms with Gasteiger partial charge in [0.25, 0.3) is 5.91 Å². The lowest BCUT2D eigenvalue weighted by molar-refractivity contribution is -0.274. The van der Waals surface area contributed by atoms with Crippen LogP contribution < -0.4 is 4.74 Å². The lowest BCUT2D eigenvalue weighted by Crippen LogP contribution is -2.35. The van der Waals surface area contributed by atoms with E-state index in [2.05, 4.69) is 14.6 Å². The molecule has 2 aromatic carbocycles. The van der Waals surface area contributed by atoms with Crippen LogP contribution in [0.25, 0.3) is 0 Å². The van der Waals surface area contributed by atoms with Crippen LogP contribution in [0.3, 0.4) is 0 Å². The molecule has 0 radical (unpaired) electrons. The van der Waals surface area contributed by atoms with Crippen molar-refractivity contribution < 1.29 is 31.5 Å². The number of fused-ring (bicyclic) bond motifs is 1. The van der Waals surface area contributed by atoms with Crippen molar-refractivity contribution in [1.29, 1.82) is 0 Å². The normalized spacial score (nSPS) is 21.3. The molecule has 5 nitrogen and oxygen atoms in total. The molecule has 1 aliphatic carbocycles. The quantitative estimate of drug-likeness (QED) is 0.374. The first-order valence-corrected chi connectivity index (χ1v) is 12.3. The van der Waals surface area contributed by atoms with E-state index in [4.69, 9.17) is 0 Å². The Hall–Kier alpha value is -3.05. The minimum Gasteiger partial charge on any atom is -0.406 e. The molecule has 36 heavy (non-hydrogen) atoms. The smallest absolute Gasteiger partial charge is 0.406 e. The van der Waals surface area contributed by atoms with Gasteiger partial charge in [-0.2, -0.15) is 0 Å². The molecular weight excluding hydrogens is 501 g/mol. The number of rotatable bonds is 8. The number of amides is 1. The molecule has 0 bridgehead atoms. The molecule has 2 unspecified atom stereocenters. The number of hydrogen-bond acceptors (Lipinski definition) is 5. The number of benzene rings is 2. The molecule has 0 N–H and O–H groups in total. The number of halogens is 5. The molecule has 190 valence electrons. The number of nitrogens with zero attached hydrogens (tertiary/aromatic N) is 3. The number of aromatic nitrogens is 1. The highest BCUT2D eigenvalue weighted by Gasteiger charge is 2.56. The van der Waals surface area contributed by atoms with Crippen molar-refractivity contribution in [3.05, 3.63) is 81.8 Å². The van der Waals surface area contributed by atoms with Crippen molar-refractivity contribution in [2.24, 2.45) is 17.8 Å². The van der Waals surface area contributed by atoms with Gasteiger partial charge in [0.15, 0.2) is 0 Å². The summed E-state index contributed by atoms with van der Waals surface area (Å²) < 4.78 is 69.1. The van der Waals surface area contributed by atoms with E-state index in [1.807, 2.05) is 0 Å². The highest BCUT2D eigenvalue weighted by molar-refractivity contribution is 7.07. The largest absolute Gasteiger partial charge is 0.573 e. The second-order valence-electron chi connectivity index (χ2n) is 9.18. The number of alkyl halides is 3. The Labute approximate surface area is 208 Å². The van der Waals surface area contributed by atoms with Gasteiger partial charge in [0.1, 0.15) is 23.1 Å². The summed E-state index contributed by atoms with van der Waals surface area (Å²) in [6.45, 7) is 2.42. The third-order valence-corrected chi connectivity index (χ3v) is 7.32. The van der Waals surface area contributed by atoms with Crippen LogP contribution in [0.4, 0.5) is 22.0 Å². The van der Waals surface area contributed by atoms with Gasteiger partial charge in [0.2, 0.25) is 0 Å². The van der Waals surface area contributed by atoms with E-state index >= 15 is 0 Å². The molecule has 2 atom stereocenters. The van der Waals surface area contributed by atoms with Crippen LogP contribution >= 0.6 is 11.3 Å². The van der Waals surface area contributed by atoms with Gasteiger partial charge in [-0.25, -0.2) is 13.8 Å². The summed E-state index contributed by atoms with van der Waals surface area (Å²) in [5, 5.41) is 1.64. The number of hydrogen-bond donors (Lipinski definition) is 0. The Kier molecular flexibility index (Phi) is 6.69. The predicted molar refractivity (Wildman–Crippen MR) is 122 cm³/mol. The molecule has 1 saturated carbocycles. The Balaban J connectivity index is 1.24. The predicted octanol–water partition coefficient (Wildman–Crippen LogP) is 5.34. The van der Waals surface area contributed by atoms with E-state index in [1.165, 1.54) is 41.7 Å². The first-order valence-electron chi connectivity index (χ1n) is 11.3. The van der Waals surface area contributed by atoms with Gasteiger partial charge in [-0.05, 0) is 41.5 Å². The number of carbonyl (C=O) groups excluding carboxylic acids is 1. The summed E-state index contributed by atoms with van der Waals surface area (Å²) in [5.41, 5.74) is 2.80. The Bertz CT molecular complexity index is 1220. The van der Waals surface area contributed by atoms with Crippen LogP contribution in [0.1, 0.15) is 21.6 Å². The second-order valence-corrected chi connectivity index (χ2v) is 9.89. The van der Waals surface area contributed by atoms with Crippen LogP contribution in [-0.4, -0.2) is 46.7 Å². The van der Waals surface area contributed by atoms with E-state index in [0.29, 0.717) is 41.7 Å². The maximum absolute atomic E-state index is 14.0. The minimum atomic E-state index is -4.80. The SMILES string of the molecule is O=C(c1cscn1)N(Cc1cccc(OC(F)(F)F)c1)CC1C2CN(Cc3ccc(F)cc3F)CC21. The van der Waals surface area contributed by atoms with Gasteiger partial charge in [-0.3, -0.25) is 9.69 Å². The fraction of sp³-hybridized carbons (Fsp3) is 0.360. The zero-order valence-corrected chi connectivity index (χ0v) is 19.7. The second kappa shape index (κ2) is 9.78. The Morgan fingerprint density at radius 1 is 1.14 bits per heavy atom. The monoisotopic (exact) mass is 523 g/mol. The average Bonchev–Trinajstić information content (AvgIpc) is 3.19. The summed E-state index contributed by atoms with van der Waals surface area (Å²) in [5.74, 6) is -0.902. The molecular formula is C25H22F5N3O2S. The summed E-state index contributed by atoms with van der Waals surface area (Å²) in [4.78, 5) is 21.0. The lowest BCUT2D eigenvalue weighted by Gasteiger charge is -2.25. The van der Waals surface area contributed by atoms with Gasteiger partial charge >= 0.3 is 6.36 Å². The summed E-state index contributed by atoms with van der Waals surface area (Å²) >= 11 is 1.29.